The van der Waals surface area contributed by atoms with Crippen molar-refractivity contribution in [3.8, 4) is 16.2 Å². The van der Waals surface area contributed by atoms with Crippen LogP contribution in [-0.4, -0.2) is 4.43 Å². The Bertz CT molecular complexity index is 712. The Kier molecular flexibility index (Phi) is 7.92. The molecule has 1 aromatic heterocycles. The van der Waals surface area contributed by atoms with E-state index in [-0.39, 0.29) is 0 Å². The molecule has 1 nitrogen and oxygen atoms in total. The summed E-state index contributed by atoms with van der Waals surface area (Å²) in [6, 6.07) is 20.1. The summed E-state index contributed by atoms with van der Waals surface area (Å²) in [6.07, 6.45) is 0. The fourth-order valence-corrected chi connectivity index (χ4v) is 2.95. The number of hydrogen-bond donors (Lipinski definition) is 0. The van der Waals surface area contributed by atoms with E-state index in [1.807, 2.05) is 41.8 Å². The van der Waals surface area contributed by atoms with E-state index < -0.39 is 0 Å². The smallest absolute Gasteiger partial charge is 0.131 e. The topological polar surface area (TPSA) is 9.23 Å². The van der Waals surface area contributed by atoms with Crippen LogP contribution in [0.2, 0.25) is 5.02 Å². The Morgan fingerprint density at radius 2 is 1.78 bits per heavy atom. The van der Waals surface area contributed by atoms with Crippen molar-refractivity contribution in [1.29, 1.82) is 0 Å². The van der Waals surface area contributed by atoms with Gasteiger partial charge in [-0.25, -0.2) is 0 Å². The van der Waals surface area contributed by atoms with E-state index in [0.717, 1.165) is 21.2 Å². The van der Waals surface area contributed by atoms with E-state index in [9.17, 15) is 0 Å². The molecule has 0 spiro atoms. The number of thiophene rings is 1. The average molecular weight is 457 g/mol. The maximum atomic E-state index is 6.02. The standard InChI is InChI=1S/C17H13ClOS.C2H5I/c18-15-8-4-7-14(9-15)17-10-16(12-20-17)19-11-13-5-2-1-3-6-13;1-2-3/h1-10,12H,11H2;2H2,1H3. The Hall–Kier alpha value is -1.04. The predicted octanol–water partition coefficient (Wildman–Crippen LogP) is 7.09. The summed E-state index contributed by atoms with van der Waals surface area (Å²) in [5.41, 5.74) is 2.29. The lowest BCUT2D eigenvalue weighted by molar-refractivity contribution is 0.307. The lowest BCUT2D eigenvalue weighted by Crippen LogP contribution is -1.93. The maximum absolute atomic E-state index is 6.02. The zero-order valence-corrected chi connectivity index (χ0v) is 16.6. The minimum absolute atomic E-state index is 0.590. The summed E-state index contributed by atoms with van der Waals surface area (Å²) in [5, 5.41) is 2.78. The van der Waals surface area contributed by atoms with Gasteiger partial charge in [0.15, 0.2) is 0 Å². The second-order valence-corrected chi connectivity index (χ2v) is 7.57. The van der Waals surface area contributed by atoms with Gasteiger partial charge in [-0.3, -0.25) is 0 Å². The van der Waals surface area contributed by atoms with Crippen molar-refractivity contribution >= 4 is 45.5 Å². The van der Waals surface area contributed by atoms with Gasteiger partial charge in [-0.05, 0) is 33.8 Å². The molecule has 0 saturated heterocycles. The summed E-state index contributed by atoms with van der Waals surface area (Å²) >= 11 is 9.97. The number of hydrogen-bond acceptors (Lipinski definition) is 2. The fourth-order valence-electron chi connectivity index (χ4n) is 1.93. The second kappa shape index (κ2) is 9.96. The van der Waals surface area contributed by atoms with E-state index in [0.29, 0.717) is 6.61 Å². The summed E-state index contributed by atoms with van der Waals surface area (Å²) < 4.78 is 7.02. The summed E-state index contributed by atoms with van der Waals surface area (Å²) in [6.45, 7) is 2.70. The summed E-state index contributed by atoms with van der Waals surface area (Å²) in [5.74, 6) is 0.897. The van der Waals surface area contributed by atoms with Crippen LogP contribution in [0.25, 0.3) is 10.4 Å². The lowest BCUT2D eigenvalue weighted by Gasteiger charge is -2.03. The fraction of sp³-hybridized carbons (Fsp3) is 0.158. The molecule has 120 valence electrons. The third-order valence-corrected chi connectivity index (χ3v) is 4.13. The van der Waals surface area contributed by atoms with Gasteiger partial charge in [0.2, 0.25) is 0 Å². The third-order valence-electron chi connectivity index (χ3n) is 2.93. The second-order valence-electron chi connectivity index (χ2n) is 4.70. The molecule has 0 unspecified atom stereocenters. The van der Waals surface area contributed by atoms with Gasteiger partial charge in [-0.2, -0.15) is 0 Å². The minimum Gasteiger partial charge on any atom is -0.488 e. The average Bonchev–Trinajstić information content (AvgIpc) is 3.04. The van der Waals surface area contributed by atoms with Gasteiger partial charge < -0.3 is 4.74 Å². The van der Waals surface area contributed by atoms with Crippen molar-refractivity contribution in [2.24, 2.45) is 0 Å². The van der Waals surface area contributed by atoms with Crippen molar-refractivity contribution < 1.29 is 4.74 Å². The molecule has 4 heteroatoms. The van der Waals surface area contributed by atoms with Gasteiger partial charge in [0, 0.05) is 15.3 Å². The molecule has 0 amide bonds. The van der Waals surface area contributed by atoms with Crippen molar-refractivity contribution in [3.63, 3.8) is 0 Å². The van der Waals surface area contributed by atoms with Crippen LogP contribution in [0.4, 0.5) is 0 Å². The molecule has 2 aromatic carbocycles. The van der Waals surface area contributed by atoms with E-state index in [1.165, 1.54) is 9.99 Å². The largest absolute Gasteiger partial charge is 0.488 e. The number of halogens is 2. The van der Waals surface area contributed by atoms with E-state index in [1.54, 1.807) is 11.3 Å². The highest BCUT2D eigenvalue weighted by atomic mass is 127. The van der Waals surface area contributed by atoms with Gasteiger partial charge in [-0.15, -0.1) is 11.3 Å². The zero-order chi connectivity index (χ0) is 16.5. The zero-order valence-electron chi connectivity index (χ0n) is 12.8. The number of rotatable bonds is 4. The molecular weight excluding hydrogens is 439 g/mol. The summed E-state index contributed by atoms with van der Waals surface area (Å²) in [7, 11) is 0. The molecule has 0 atom stereocenters. The molecule has 0 radical (unpaired) electrons. The van der Waals surface area contributed by atoms with E-state index in [4.69, 9.17) is 16.3 Å². The highest BCUT2D eigenvalue weighted by Crippen LogP contribution is 2.32. The van der Waals surface area contributed by atoms with Crippen LogP contribution in [0.5, 0.6) is 5.75 Å². The molecule has 0 bridgehead atoms. The van der Waals surface area contributed by atoms with Crippen molar-refractivity contribution in [1.82, 2.24) is 0 Å². The van der Waals surface area contributed by atoms with Crippen LogP contribution in [0.15, 0.2) is 66.0 Å². The van der Waals surface area contributed by atoms with Gasteiger partial charge in [-0.1, -0.05) is 83.6 Å². The first-order valence-corrected chi connectivity index (χ1v) is 10.1. The van der Waals surface area contributed by atoms with Crippen LogP contribution in [0.1, 0.15) is 12.5 Å². The predicted molar refractivity (Wildman–Crippen MR) is 110 cm³/mol. The number of alkyl halides is 1. The molecular formula is C19H18ClIOS. The Morgan fingerprint density at radius 1 is 1.04 bits per heavy atom. The van der Waals surface area contributed by atoms with Crippen LogP contribution >= 0.6 is 45.5 Å². The molecule has 3 aromatic rings. The molecule has 0 fully saturated rings. The maximum Gasteiger partial charge on any atom is 0.131 e. The molecule has 0 N–H and O–H groups in total. The molecule has 3 rings (SSSR count). The Labute approximate surface area is 160 Å². The number of ether oxygens (including phenoxy) is 1. The van der Waals surface area contributed by atoms with Crippen molar-refractivity contribution in [3.05, 3.63) is 76.6 Å². The molecule has 0 aliphatic rings. The third kappa shape index (κ3) is 6.16. The molecule has 1 heterocycles. The van der Waals surface area contributed by atoms with Crippen LogP contribution in [-0.2, 0) is 6.61 Å². The molecule has 0 saturated carbocycles. The Morgan fingerprint density at radius 3 is 2.48 bits per heavy atom. The molecule has 0 aliphatic carbocycles. The van der Waals surface area contributed by atoms with Gasteiger partial charge in [0.05, 0.1) is 0 Å². The molecule has 23 heavy (non-hydrogen) atoms. The number of benzene rings is 2. The SMILES string of the molecule is CCI.Clc1cccc(-c2cc(OCc3ccccc3)cs2)c1. The van der Waals surface area contributed by atoms with E-state index >= 15 is 0 Å². The van der Waals surface area contributed by atoms with Gasteiger partial charge in [0.25, 0.3) is 0 Å². The first kappa shape index (κ1) is 18.3. The van der Waals surface area contributed by atoms with Gasteiger partial charge in [0.1, 0.15) is 12.4 Å². The lowest BCUT2D eigenvalue weighted by atomic mass is 10.2. The Balaban J connectivity index is 0.000000595. The quantitative estimate of drug-likeness (QED) is 0.301. The first-order chi connectivity index (χ1) is 11.2. The van der Waals surface area contributed by atoms with Crippen molar-refractivity contribution in [2.45, 2.75) is 13.5 Å². The highest BCUT2D eigenvalue weighted by molar-refractivity contribution is 14.1. The minimum atomic E-state index is 0.590. The van der Waals surface area contributed by atoms with E-state index in [2.05, 4.69) is 53.8 Å². The van der Waals surface area contributed by atoms with Crippen molar-refractivity contribution in [2.75, 3.05) is 4.43 Å². The highest BCUT2D eigenvalue weighted by Gasteiger charge is 2.04. The molecule has 0 aliphatic heterocycles. The van der Waals surface area contributed by atoms with Crippen LogP contribution < -0.4 is 4.74 Å². The van der Waals surface area contributed by atoms with Gasteiger partial charge >= 0.3 is 0 Å². The first-order valence-electron chi connectivity index (χ1n) is 7.30. The summed E-state index contributed by atoms with van der Waals surface area (Å²) in [4.78, 5) is 1.16. The van der Waals surface area contributed by atoms with Crippen LogP contribution in [0, 0.1) is 0 Å². The monoisotopic (exact) mass is 456 g/mol. The van der Waals surface area contributed by atoms with Crippen LogP contribution in [0.3, 0.4) is 0 Å². The normalized spacial score (nSPS) is 9.87.